The Morgan fingerprint density at radius 1 is 1.52 bits per heavy atom. The zero-order valence-electron chi connectivity index (χ0n) is 11.0. The molecule has 2 N–H and O–H groups in total. The number of fused-ring (bicyclic) bond motifs is 1. The third-order valence-corrected chi connectivity index (χ3v) is 4.73. The number of benzene rings is 1. The molecular formula is C14H13BrClN3O2. The van der Waals surface area contributed by atoms with E-state index in [-0.39, 0.29) is 11.6 Å². The first-order valence-electron chi connectivity index (χ1n) is 6.57. The molecule has 110 valence electrons. The molecule has 1 aliphatic heterocycles. The Hall–Kier alpha value is -1.37. The lowest BCUT2D eigenvalue weighted by Gasteiger charge is -2.18. The summed E-state index contributed by atoms with van der Waals surface area (Å²) >= 11 is 9.43. The second-order valence-electron chi connectivity index (χ2n) is 4.89. The maximum Gasteiger partial charge on any atom is 0.276 e. The Morgan fingerprint density at radius 2 is 2.33 bits per heavy atom. The molecule has 0 aliphatic carbocycles. The van der Waals surface area contributed by atoms with Crippen molar-refractivity contribution < 1.29 is 9.90 Å². The number of halogens is 2. The quantitative estimate of drug-likeness (QED) is 0.851. The summed E-state index contributed by atoms with van der Waals surface area (Å²) < 4.78 is 2.40. The number of hydrogen-bond donors (Lipinski definition) is 2. The molecular weight excluding hydrogens is 358 g/mol. The molecule has 0 fully saturated rings. The summed E-state index contributed by atoms with van der Waals surface area (Å²) in [4.78, 5) is 12.3. The number of aryl methyl sites for hydroxylation is 1. The molecule has 0 saturated heterocycles. The summed E-state index contributed by atoms with van der Waals surface area (Å²) in [5, 5.41) is 17.3. The maximum atomic E-state index is 12.3. The summed E-state index contributed by atoms with van der Waals surface area (Å²) in [6.45, 7) is 0.720. The van der Waals surface area contributed by atoms with Crippen molar-refractivity contribution in [3.05, 3.63) is 45.1 Å². The minimum Gasteiger partial charge on any atom is -0.387 e. The van der Waals surface area contributed by atoms with Crippen LogP contribution in [0.15, 0.2) is 28.7 Å². The average molecular weight is 371 g/mol. The van der Waals surface area contributed by atoms with Gasteiger partial charge >= 0.3 is 0 Å². The van der Waals surface area contributed by atoms with E-state index in [1.54, 1.807) is 28.9 Å². The lowest BCUT2D eigenvalue weighted by Crippen LogP contribution is -2.16. The van der Waals surface area contributed by atoms with Gasteiger partial charge in [-0.15, -0.1) is 0 Å². The third-order valence-electron chi connectivity index (χ3n) is 3.43. The van der Waals surface area contributed by atoms with Crippen LogP contribution in [0, 0.1) is 0 Å². The van der Waals surface area contributed by atoms with Crippen molar-refractivity contribution in [1.29, 1.82) is 0 Å². The second kappa shape index (κ2) is 5.79. The molecule has 1 unspecified atom stereocenters. The number of carbonyl (C=O) groups excluding carboxylic acids is 1. The van der Waals surface area contributed by atoms with E-state index in [1.165, 1.54) is 0 Å². The molecule has 2 heterocycles. The summed E-state index contributed by atoms with van der Waals surface area (Å²) in [6, 6.07) is 6.93. The molecule has 21 heavy (non-hydrogen) atoms. The number of nitrogens with one attached hydrogen (secondary N) is 1. The summed E-state index contributed by atoms with van der Waals surface area (Å²) in [7, 11) is 0. The predicted octanol–water partition coefficient (Wildman–Crippen LogP) is 3.38. The van der Waals surface area contributed by atoms with Crippen molar-refractivity contribution >= 4 is 39.1 Å². The van der Waals surface area contributed by atoms with Crippen molar-refractivity contribution in [2.45, 2.75) is 25.5 Å². The molecule has 3 rings (SSSR count). The highest BCUT2D eigenvalue weighted by Crippen LogP contribution is 2.30. The lowest BCUT2D eigenvalue weighted by molar-refractivity contribution is 0.102. The smallest absolute Gasteiger partial charge is 0.276 e. The van der Waals surface area contributed by atoms with Gasteiger partial charge in [-0.3, -0.25) is 9.48 Å². The number of anilines is 1. The first-order chi connectivity index (χ1) is 10.1. The van der Waals surface area contributed by atoms with Gasteiger partial charge in [0.15, 0.2) is 5.69 Å². The van der Waals surface area contributed by atoms with Crippen molar-refractivity contribution in [3.63, 3.8) is 0 Å². The van der Waals surface area contributed by atoms with E-state index in [1.807, 2.05) is 0 Å². The zero-order chi connectivity index (χ0) is 15.0. The molecule has 2 aromatic rings. The van der Waals surface area contributed by atoms with Gasteiger partial charge in [0.2, 0.25) is 0 Å². The minimum atomic E-state index is -0.553. The molecule has 1 amide bonds. The topological polar surface area (TPSA) is 67.2 Å². The number of aliphatic hydroxyl groups excluding tert-OH is 1. The van der Waals surface area contributed by atoms with Gasteiger partial charge in [0.25, 0.3) is 5.91 Å². The van der Waals surface area contributed by atoms with Gasteiger partial charge in [-0.25, -0.2) is 0 Å². The van der Waals surface area contributed by atoms with E-state index >= 15 is 0 Å². The number of carbonyl (C=O) groups is 1. The Labute approximate surface area is 135 Å². The van der Waals surface area contributed by atoms with Crippen LogP contribution in [-0.2, 0) is 6.54 Å². The fourth-order valence-electron chi connectivity index (χ4n) is 2.36. The number of aromatic nitrogens is 2. The Morgan fingerprint density at radius 3 is 3.10 bits per heavy atom. The molecule has 1 aliphatic rings. The Kier molecular flexibility index (Phi) is 4.01. The van der Waals surface area contributed by atoms with E-state index in [0.717, 1.165) is 13.0 Å². The SMILES string of the molecule is O=C(Nc1cccc(Br)c1Cl)c1cc2n(n1)CCCC2O. The van der Waals surface area contributed by atoms with Gasteiger partial charge in [-0.2, -0.15) is 5.10 Å². The Balaban J connectivity index is 1.84. The summed E-state index contributed by atoms with van der Waals surface area (Å²) in [6.07, 6.45) is 1.00. The molecule has 0 bridgehead atoms. The first-order valence-corrected chi connectivity index (χ1v) is 7.74. The number of aliphatic hydroxyl groups is 1. The van der Waals surface area contributed by atoms with E-state index in [4.69, 9.17) is 11.6 Å². The van der Waals surface area contributed by atoms with Gasteiger partial charge in [-0.05, 0) is 47.0 Å². The fourth-order valence-corrected chi connectivity index (χ4v) is 2.90. The molecule has 1 aromatic heterocycles. The Bertz CT molecular complexity index is 702. The second-order valence-corrected chi connectivity index (χ2v) is 6.12. The molecule has 1 aromatic carbocycles. The normalized spacial score (nSPS) is 17.4. The minimum absolute atomic E-state index is 0.280. The van der Waals surface area contributed by atoms with Crippen LogP contribution in [0.1, 0.15) is 35.1 Å². The number of rotatable bonds is 2. The number of hydrogen-bond acceptors (Lipinski definition) is 3. The van der Waals surface area contributed by atoms with E-state index in [9.17, 15) is 9.90 Å². The van der Waals surface area contributed by atoms with Crippen molar-refractivity contribution in [2.75, 3.05) is 5.32 Å². The number of nitrogens with zero attached hydrogens (tertiary/aromatic N) is 2. The molecule has 7 heteroatoms. The highest BCUT2D eigenvalue weighted by Gasteiger charge is 2.23. The first kappa shape index (κ1) is 14.6. The van der Waals surface area contributed by atoms with Gasteiger partial charge in [0.05, 0.1) is 22.5 Å². The van der Waals surface area contributed by atoms with Crippen LogP contribution in [0.25, 0.3) is 0 Å². The van der Waals surface area contributed by atoms with Crippen LogP contribution < -0.4 is 5.32 Å². The van der Waals surface area contributed by atoms with Crippen molar-refractivity contribution in [1.82, 2.24) is 9.78 Å². The van der Waals surface area contributed by atoms with E-state index in [2.05, 4.69) is 26.3 Å². The largest absolute Gasteiger partial charge is 0.387 e. The fraction of sp³-hybridized carbons (Fsp3) is 0.286. The van der Waals surface area contributed by atoms with Crippen molar-refractivity contribution in [2.24, 2.45) is 0 Å². The number of amides is 1. The van der Waals surface area contributed by atoms with Gasteiger partial charge in [0.1, 0.15) is 0 Å². The standard InChI is InChI=1S/C14H13BrClN3O2/c15-8-3-1-4-9(13(8)16)17-14(21)10-7-11-12(20)5-2-6-19(11)18-10/h1,3-4,7,12,20H,2,5-6H2,(H,17,21). The van der Waals surface area contributed by atoms with Gasteiger partial charge in [0, 0.05) is 11.0 Å². The van der Waals surface area contributed by atoms with E-state index in [0.29, 0.717) is 27.3 Å². The van der Waals surface area contributed by atoms with Crippen molar-refractivity contribution in [3.8, 4) is 0 Å². The average Bonchev–Trinajstić information content (AvgIpc) is 2.89. The lowest BCUT2D eigenvalue weighted by atomic mass is 10.1. The monoisotopic (exact) mass is 369 g/mol. The van der Waals surface area contributed by atoms with Crippen LogP contribution in [0.4, 0.5) is 5.69 Å². The van der Waals surface area contributed by atoms with Crippen LogP contribution in [0.2, 0.25) is 5.02 Å². The predicted molar refractivity (Wildman–Crippen MR) is 83.5 cm³/mol. The van der Waals surface area contributed by atoms with Gasteiger partial charge < -0.3 is 10.4 Å². The summed E-state index contributed by atoms with van der Waals surface area (Å²) in [5.74, 6) is -0.343. The van der Waals surface area contributed by atoms with Crippen LogP contribution in [-0.4, -0.2) is 20.8 Å². The maximum absolute atomic E-state index is 12.3. The third kappa shape index (κ3) is 2.84. The summed E-state index contributed by atoms with van der Waals surface area (Å²) in [5.41, 5.74) is 1.48. The molecule has 1 atom stereocenters. The zero-order valence-corrected chi connectivity index (χ0v) is 13.4. The van der Waals surface area contributed by atoms with Crippen LogP contribution in [0.3, 0.4) is 0 Å². The molecule has 0 spiro atoms. The molecule has 0 saturated carbocycles. The highest BCUT2D eigenvalue weighted by atomic mass is 79.9. The van der Waals surface area contributed by atoms with Crippen LogP contribution in [0.5, 0.6) is 0 Å². The molecule has 0 radical (unpaired) electrons. The molecule has 5 nitrogen and oxygen atoms in total. The highest BCUT2D eigenvalue weighted by molar-refractivity contribution is 9.10. The van der Waals surface area contributed by atoms with Gasteiger partial charge in [-0.1, -0.05) is 17.7 Å². The van der Waals surface area contributed by atoms with Crippen LogP contribution >= 0.6 is 27.5 Å². The van der Waals surface area contributed by atoms with E-state index < -0.39 is 6.10 Å².